The Kier molecular flexibility index (Phi) is 9.18. The lowest BCUT2D eigenvalue weighted by molar-refractivity contribution is 0.0957. The van der Waals surface area contributed by atoms with Crippen molar-refractivity contribution in [2.45, 2.75) is 40.0 Å². The van der Waals surface area contributed by atoms with E-state index in [2.05, 4.69) is 12.2 Å². The van der Waals surface area contributed by atoms with E-state index < -0.39 is 0 Å². The number of carbonyl (C=O) groups is 1. The number of thiophene rings is 1. The monoisotopic (exact) mass is 229 g/mol. The van der Waals surface area contributed by atoms with Gasteiger partial charge in [-0.15, -0.1) is 11.3 Å². The summed E-state index contributed by atoms with van der Waals surface area (Å²) in [7, 11) is 0. The number of amides is 1. The first-order valence-electron chi connectivity index (χ1n) is 5.66. The fourth-order valence-corrected chi connectivity index (χ4v) is 1.71. The molecule has 0 spiro atoms. The molecule has 2 nitrogen and oxygen atoms in total. The van der Waals surface area contributed by atoms with E-state index in [1.165, 1.54) is 24.2 Å². The van der Waals surface area contributed by atoms with Gasteiger partial charge in [-0.3, -0.25) is 4.79 Å². The van der Waals surface area contributed by atoms with Crippen molar-refractivity contribution in [3.8, 4) is 0 Å². The molecule has 1 rings (SSSR count). The molecule has 1 amide bonds. The highest BCUT2D eigenvalue weighted by Crippen LogP contribution is 2.07. The van der Waals surface area contributed by atoms with Crippen LogP contribution >= 0.6 is 11.3 Å². The number of hydrogen-bond acceptors (Lipinski definition) is 2. The topological polar surface area (TPSA) is 29.1 Å². The summed E-state index contributed by atoms with van der Waals surface area (Å²) in [5, 5.41) is 4.81. The lowest BCUT2D eigenvalue weighted by Gasteiger charge is -2.01. The second-order valence-corrected chi connectivity index (χ2v) is 3.89. The lowest BCUT2D eigenvalue weighted by Crippen LogP contribution is -2.23. The van der Waals surface area contributed by atoms with Gasteiger partial charge < -0.3 is 5.32 Å². The molecule has 0 aromatic carbocycles. The third-order valence-corrected chi connectivity index (χ3v) is 2.68. The molecule has 0 aliphatic carbocycles. The van der Waals surface area contributed by atoms with E-state index in [4.69, 9.17) is 0 Å². The highest BCUT2D eigenvalue weighted by Gasteiger charge is 2.03. The Morgan fingerprint density at radius 1 is 1.47 bits per heavy atom. The van der Waals surface area contributed by atoms with E-state index in [-0.39, 0.29) is 7.33 Å². The van der Waals surface area contributed by atoms with E-state index >= 15 is 0 Å². The van der Waals surface area contributed by atoms with Crippen molar-refractivity contribution >= 4 is 17.2 Å². The van der Waals surface area contributed by atoms with Crippen molar-refractivity contribution in [1.29, 1.82) is 0 Å². The average Bonchev–Trinajstić information content (AvgIpc) is 2.80. The first-order chi connectivity index (χ1) is 7.34. The fraction of sp³-hybridized carbons (Fsp3) is 0.583. The van der Waals surface area contributed by atoms with Crippen molar-refractivity contribution in [1.82, 2.24) is 5.32 Å². The Balaban J connectivity index is 0. The Bertz CT molecular complexity index is 250. The van der Waals surface area contributed by atoms with Gasteiger partial charge in [-0.2, -0.15) is 0 Å². The van der Waals surface area contributed by atoms with Crippen LogP contribution in [0.1, 0.15) is 51.1 Å². The van der Waals surface area contributed by atoms with Gasteiger partial charge in [0.15, 0.2) is 0 Å². The molecule has 0 saturated carbocycles. The molecular weight excluding hydrogens is 206 g/mol. The van der Waals surface area contributed by atoms with Crippen molar-refractivity contribution in [2.75, 3.05) is 6.54 Å². The second-order valence-electron chi connectivity index (χ2n) is 2.94. The largest absolute Gasteiger partial charge is 0.351 e. The summed E-state index contributed by atoms with van der Waals surface area (Å²) in [5.74, 6) is 0.0612. The highest BCUT2D eigenvalue weighted by molar-refractivity contribution is 7.12. The number of hydrogen-bond donors (Lipinski definition) is 1. The van der Waals surface area contributed by atoms with Crippen LogP contribution in [0, 0.1) is 0 Å². The number of rotatable bonds is 5. The summed E-state index contributed by atoms with van der Waals surface area (Å²) in [6.07, 6.45) is 3.45. The van der Waals surface area contributed by atoms with E-state index in [9.17, 15) is 4.79 Å². The van der Waals surface area contributed by atoms with Gasteiger partial charge in [-0.05, 0) is 17.9 Å². The minimum absolute atomic E-state index is 0. The Morgan fingerprint density at radius 3 is 2.73 bits per heavy atom. The van der Waals surface area contributed by atoms with Gasteiger partial charge in [0.25, 0.3) is 5.91 Å². The predicted molar refractivity (Wildman–Crippen MR) is 69.6 cm³/mol. The molecule has 0 aliphatic rings. The van der Waals surface area contributed by atoms with Gasteiger partial charge >= 0.3 is 0 Å². The number of unbranched alkanes of at least 4 members (excludes halogenated alkanes) is 2. The average molecular weight is 229 g/mol. The van der Waals surface area contributed by atoms with Gasteiger partial charge in [-0.1, -0.05) is 39.7 Å². The highest BCUT2D eigenvalue weighted by atomic mass is 32.1. The minimum atomic E-state index is 0. The molecule has 1 heterocycles. The SMILES string of the molecule is CC.CCCCCNC(=O)c1cccs1.[HH]. The molecule has 0 saturated heterocycles. The molecule has 0 fully saturated rings. The summed E-state index contributed by atoms with van der Waals surface area (Å²) in [6, 6.07) is 3.74. The number of nitrogens with one attached hydrogen (secondary N) is 1. The maximum Gasteiger partial charge on any atom is 0.261 e. The third-order valence-electron chi connectivity index (χ3n) is 1.81. The van der Waals surface area contributed by atoms with Crippen LogP contribution in [0.2, 0.25) is 0 Å². The molecule has 15 heavy (non-hydrogen) atoms. The standard InChI is InChI=1S/C10H15NOS.C2H6.H2/c1-2-3-4-7-11-10(12)9-6-5-8-13-9;1-2;/h5-6,8H,2-4,7H2,1H3,(H,11,12);1-2H3;1H. The molecule has 1 aromatic rings. The smallest absolute Gasteiger partial charge is 0.261 e. The summed E-state index contributed by atoms with van der Waals surface area (Å²) in [5.41, 5.74) is 0. The van der Waals surface area contributed by atoms with Crippen LogP contribution in [-0.2, 0) is 0 Å². The molecule has 0 aliphatic heterocycles. The van der Waals surface area contributed by atoms with Crippen LogP contribution in [-0.4, -0.2) is 12.5 Å². The van der Waals surface area contributed by atoms with Crippen molar-refractivity contribution in [3.05, 3.63) is 22.4 Å². The predicted octanol–water partition coefficient (Wildman–Crippen LogP) is 3.94. The molecule has 0 unspecified atom stereocenters. The van der Waals surface area contributed by atoms with E-state index in [0.29, 0.717) is 0 Å². The van der Waals surface area contributed by atoms with Crippen LogP contribution in [0.15, 0.2) is 17.5 Å². The van der Waals surface area contributed by atoms with Crippen LogP contribution in [0.3, 0.4) is 0 Å². The molecule has 1 aromatic heterocycles. The summed E-state index contributed by atoms with van der Waals surface area (Å²) in [6.45, 7) is 6.95. The van der Waals surface area contributed by atoms with E-state index in [1.54, 1.807) is 0 Å². The van der Waals surface area contributed by atoms with Crippen molar-refractivity contribution in [3.63, 3.8) is 0 Å². The second kappa shape index (κ2) is 9.71. The van der Waals surface area contributed by atoms with Crippen LogP contribution in [0.25, 0.3) is 0 Å². The summed E-state index contributed by atoms with van der Waals surface area (Å²) in [4.78, 5) is 12.2. The normalized spacial score (nSPS) is 9.00. The molecule has 0 radical (unpaired) electrons. The molecular formula is C12H23NOS. The Labute approximate surface area is 98.2 Å². The Hall–Kier alpha value is -0.830. The van der Waals surface area contributed by atoms with Crippen molar-refractivity contribution in [2.24, 2.45) is 0 Å². The maximum absolute atomic E-state index is 11.4. The summed E-state index contributed by atoms with van der Waals surface area (Å²) < 4.78 is 0. The molecule has 3 heteroatoms. The van der Waals surface area contributed by atoms with Gasteiger partial charge in [0.1, 0.15) is 0 Å². The zero-order valence-electron chi connectivity index (χ0n) is 9.88. The maximum atomic E-state index is 11.4. The van der Waals surface area contributed by atoms with Crippen LogP contribution in [0.4, 0.5) is 0 Å². The quantitative estimate of drug-likeness (QED) is 0.761. The van der Waals surface area contributed by atoms with Crippen molar-refractivity contribution < 1.29 is 6.22 Å². The Morgan fingerprint density at radius 2 is 2.20 bits per heavy atom. The zero-order chi connectivity index (χ0) is 11.5. The third kappa shape index (κ3) is 6.28. The first-order valence-corrected chi connectivity index (χ1v) is 6.54. The lowest BCUT2D eigenvalue weighted by atomic mass is 10.2. The van der Waals surface area contributed by atoms with Crippen LogP contribution in [0.5, 0.6) is 0 Å². The molecule has 0 atom stereocenters. The van der Waals surface area contributed by atoms with Gasteiger partial charge in [0, 0.05) is 7.97 Å². The van der Waals surface area contributed by atoms with Crippen LogP contribution < -0.4 is 5.32 Å². The van der Waals surface area contributed by atoms with E-state index in [0.717, 1.165) is 17.8 Å². The van der Waals surface area contributed by atoms with E-state index in [1.807, 2.05) is 31.4 Å². The number of carbonyl (C=O) groups excluding carboxylic acids is 1. The molecule has 88 valence electrons. The molecule has 1 N–H and O–H groups in total. The van der Waals surface area contributed by atoms with Gasteiger partial charge in [-0.25, -0.2) is 0 Å². The summed E-state index contributed by atoms with van der Waals surface area (Å²) >= 11 is 1.48. The fourth-order valence-electron chi connectivity index (χ4n) is 1.07. The minimum Gasteiger partial charge on any atom is -0.351 e. The van der Waals surface area contributed by atoms with Gasteiger partial charge in [0.05, 0.1) is 4.88 Å². The molecule has 0 bridgehead atoms. The first kappa shape index (κ1) is 14.2. The zero-order valence-corrected chi connectivity index (χ0v) is 10.7. The van der Waals surface area contributed by atoms with Gasteiger partial charge in [0.2, 0.25) is 0 Å².